The van der Waals surface area contributed by atoms with E-state index < -0.39 is 0 Å². The fraction of sp³-hybridized carbons (Fsp3) is 0.300. The van der Waals surface area contributed by atoms with Gasteiger partial charge in [0.25, 0.3) is 5.56 Å². The Labute approximate surface area is 163 Å². The molecule has 0 bridgehead atoms. The number of fused-ring (bicyclic) bond motifs is 3. The molecule has 1 unspecified atom stereocenters. The van der Waals surface area contributed by atoms with Gasteiger partial charge in [-0.05, 0) is 55.0 Å². The third-order valence-electron chi connectivity index (χ3n) is 5.16. The number of hydrogen-bond donors (Lipinski definition) is 0. The summed E-state index contributed by atoms with van der Waals surface area (Å²) in [5.41, 5.74) is 1.74. The largest absolute Gasteiger partial charge is 0.337 e. The first-order valence-electron chi connectivity index (χ1n) is 9.16. The number of aryl methyl sites for hydroxylation is 1. The Balaban J connectivity index is 1.48. The minimum Gasteiger partial charge on any atom is -0.337 e. The van der Waals surface area contributed by atoms with Crippen LogP contribution in [0.2, 0.25) is 0 Å². The highest BCUT2D eigenvalue weighted by atomic mass is 32.1. The van der Waals surface area contributed by atoms with Gasteiger partial charge in [0.2, 0.25) is 11.7 Å². The second-order valence-corrected chi connectivity index (χ2v) is 8.31. The lowest BCUT2D eigenvalue weighted by Crippen LogP contribution is -2.22. The average Bonchev–Trinajstić information content (AvgIpc) is 3.29. The molecule has 6 nitrogen and oxygen atoms in total. The zero-order chi connectivity index (χ0) is 19.3. The van der Waals surface area contributed by atoms with Gasteiger partial charge >= 0.3 is 0 Å². The first-order valence-corrected chi connectivity index (χ1v) is 9.98. The summed E-state index contributed by atoms with van der Waals surface area (Å²) in [6.45, 7) is 2.39. The Morgan fingerprint density at radius 3 is 2.96 bits per heavy atom. The molecule has 0 saturated carbocycles. The lowest BCUT2D eigenvalue weighted by atomic mass is 9.89. The predicted octanol–water partition coefficient (Wildman–Crippen LogP) is 3.82. The maximum absolute atomic E-state index is 13.1. The van der Waals surface area contributed by atoms with Crippen molar-refractivity contribution >= 4 is 21.6 Å². The van der Waals surface area contributed by atoms with Gasteiger partial charge in [-0.2, -0.15) is 4.98 Å². The van der Waals surface area contributed by atoms with E-state index in [9.17, 15) is 9.18 Å². The standard InChI is InChI=1S/C20H17FN4O2S/c1-11-2-7-14-15(8-11)28-19-17(14)20(26)25(10-22-19)9-16-23-18(24-27-16)12-3-5-13(21)6-4-12/h3-6,10-11H,2,7-9H2,1H3. The molecule has 5 rings (SSSR count). The fourth-order valence-corrected chi connectivity index (χ4v) is 5.00. The van der Waals surface area contributed by atoms with E-state index in [0.29, 0.717) is 23.2 Å². The summed E-state index contributed by atoms with van der Waals surface area (Å²) in [4.78, 5) is 24.0. The minimum atomic E-state index is -0.327. The van der Waals surface area contributed by atoms with Crippen LogP contribution in [0.5, 0.6) is 0 Å². The van der Waals surface area contributed by atoms with Crippen molar-refractivity contribution in [1.82, 2.24) is 19.7 Å². The van der Waals surface area contributed by atoms with Crippen LogP contribution in [0.4, 0.5) is 4.39 Å². The van der Waals surface area contributed by atoms with E-state index in [0.717, 1.165) is 35.0 Å². The van der Waals surface area contributed by atoms with Crippen molar-refractivity contribution in [3.05, 3.63) is 63.1 Å². The molecular formula is C20H17FN4O2S. The van der Waals surface area contributed by atoms with Gasteiger partial charge in [-0.3, -0.25) is 9.36 Å². The second kappa shape index (κ2) is 6.63. The highest BCUT2D eigenvalue weighted by Gasteiger charge is 2.23. The van der Waals surface area contributed by atoms with Crippen LogP contribution in [0.3, 0.4) is 0 Å². The number of rotatable bonds is 3. The molecule has 0 radical (unpaired) electrons. The van der Waals surface area contributed by atoms with Crippen molar-refractivity contribution in [2.45, 2.75) is 32.7 Å². The molecule has 0 spiro atoms. The van der Waals surface area contributed by atoms with Crippen LogP contribution in [0.15, 0.2) is 39.9 Å². The number of benzene rings is 1. The third kappa shape index (κ3) is 2.93. The summed E-state index contributed by atoms with van der Waals surface area (Å²) in [6.07, 6.45) is 4.57. The van der Waals surface area contributed by atoms with Gasteiger partial charge in [0.15, 0.2) is 0 Å². The predicted molar refractivity (Wildman–Crippen MR) is 104 cm³/mol. The molecule has 3 heterocycles. The normalized spacial score (nSPS) is 16.4. The molecule has 0 saturated heterocycles. The quantitative estimate of drug-likeness (QED) is 0.526. The van der Waals surface area contributed by atoms with Crippen molar-refractivity contribution in [1.29, 1.82) is 0 Å². The van der Waals surface area contributed by atoms with Crippen LogP contribution < -0.4 is 5.56 Å². The summed E-state index contributed by atoms with van der Waals surface area (Å²) in [5.74, 6) is 0.984. The van der Waals surface area contributed by atoms with Gasteiger partial charge in [0, 0.05) is 10.4 Å². The maximum atomic E-state index is 13.1. The van der Waals surface area contributed by atoms with E-state index in [1.165, 1.54) is 27.9 Å². The number of hydrogen-bond acceptors (Lipinski definition) is 6. The molecule has 1 atom stereocenters. The van der Waals surface area contributed by atoms with E-state index in [2.05, 4.69) is 22.0 Å². The topological polar surface area (TPSA) is 73.8 Å². The van der Waals surface area contributed by atoms with Crippen LogP contribution in [-0.2, 0) is 19.4 Å². The molecule has 142 valence electrons. The summed E-state index contributed by atoms with van der Waals surface area (Å²) in [5, 5.41) is 4.66. The molecule has 4 aromatic rings. The third-order valence-corrected chi connectivity index (χ3v) is 6.32. The molecule has 1 aliphatic rings. The zero-order valence-corrected chi connectivity index (χ0v) is 16.0. The van der Waals surface area contributed by atoms with Crippen molar-refractivity contribution < 1.29 is 8.91 Å². The summed E-state index contributed by atoms with van der Waals surface area (Å²) in [6, 6.07) is 5.85. The molecule has 1 aliphatic carbocycles. The molecule has 8 heteroatoms. The second-order valence-electron chi connectivity index (χ2n) is 7.23. The van der Waals surface area contributed by atoms with Crippen LogP contribution in [0.25, 0.3) is 21.6 Å². The zero-order valence-electron chi connectivity index (χ0n) is 15.2. The fourth-order valence-electron chi connectivity index (χ4n) is 3.66. The molecule has 3 aromatic heterocycles. The van der Waals surface area contributed by atoms with Crippen molar-refractivity contribution in [3.63, 3.8) is 0 Å². The summed E-state index contributed by atoms with van der Waals surface area (Å²) in [7, 11) is 0. The van der Waals surface area contributed by atoms with E-state index in [1.54, 1.807) is 23.5 Å². The van der Waals surface area contributed by atoms with Gasteiger partial charge < -0.3 is 4.52 Å². The van der Waals surface area contributed by atoms with Gasteiger partial charge in [-0.15, -0.1) is 11.3 Å². The van der Waals surface area contributed by atoms with Gasteiger partial charge in [0.05, 0.1) is 11.7 Å². The van der Waals surface area contributed by atoms with E-state index in [-0.39, 0.29) is 17.9 Å². The SMILES string of the molecule is CC1CCc2c(sc3ncn(Cc4nc(-c5ccc(F)cc5)no4)c(=O)c23)C1. The monoisotopic (exact) mass is 396 g/mol. The molecule has 0 amide bonds. The minimum absolute atomic E-state index is 0.0708. The highest BCUT2D eigenvalue weighted by Crippen LogP contribution is 2.35. The summed E-state index contributed by atoms with van der Waals surface area (Å²) < 4.78 is 19.9. The molecule has 1 aromatic carbocycles. The van der Waals surface area contributed by atoms with E-state index >= 15 is 0 Å². The number of nitrogens with zero attached hydrogens (tertiary/aromatic N) is 4. The van der Waals surface area contributed by atoms with Gasteiger partial charge in [0.1, 0.15) is 17.2 Å². The van der Waals surface area contributed by atoms with Crippen molar-refractivity contribution in [2.24, 2.45) is 5.92 Å². The molecule has 0 N–H and O–H groups in total. The van der Waals surface area contributed by atoms with Crippen LogP contribution in [0.1, 0.15) is 29.7 Å². The van der Waals surface area contributed by atoms with Gasteiger partial charge in [-0.1, -0.05) is 12.1 Å². The van der Waals surface area contributed by atoms with Crippen LogP contribution in [0, 0.1) is 11.7 Å². The Kier molecular flexibility index (Phi) is 4.08. The Morgan fingerprint density at radius 2 is 2.14 bits per heavy atom. The van der Waals surface area contributed by atoms with Crippen LogP contribution in [-0.4, -0.2) is 19.7 Å². The maximum Gasteiger partial charge on any atom is 0.262 e. The lowest BCUT2D eigenvalue weighted by molar-refractivity contribution is 0.369. The molecular weight excluding hydrogens is 379 g/mol. The van der Waals surface area contributed by atoms with Crippen molar-refractivity contribution in [2.75, 3.05) is 0 Å². The van der Waals surface area contributed by atoms with Crippen molar-refractivity contribution in [3.8, 4) is 11.4 Å². The first-order chi connectivity index (χ1) is 13.6. The molecule has 0 fully saturated rings. The van der Waals surface area contributed by atoms with E-state index in [4.69, 9.17) is 4.52 Å². The number of halogens is 1. The van der Waals surface area contributed by atoms with E-state index in [1.807, 2.05) is 0 Å². The number of thiophene rings is 1. The molecule has 28 heavy (non-hydrogen) atoms. The Hall–Kier alpha value is -2.87. The highest BCUT2D eigenvalue weighted by molar-refractivity contribution is 7.18. The smallest absolute Gasteiger partial charge is 0.262 e. The van der Waals surface area contributed by atoms with Crippen LogP contribution >= 0.6 is 11.3 Å². The Morgan fingerprint density at radius 1 is 1.32 bits per heavy atom. The first kappa shape index (κ1) is 17.2. The van der Waals surface area contributed by atoms with Gasteiger partial charge in [-0.25, -0.2) is 9.37 Å². The molecule has 0 aliphatic heterocycles. The number of aromatic nitrogens is 4. The Bertz CT molecular complexity index is 1230. The lowest BCUT2D eigenvalue weighted by Gasteiger charge is -2.17. The average molecular weight is 396 g/mol. The summed E-state index contributed by atoms with van der Waals surface area (Å²) >= 11 is 1.63.